The maximum atomic E-state index is 13.3. The molecule has 1 fully saturated rings. The summed E-state index contributed by atoms with van der Waals surface area (Å²) in [5, 5.41) is 3.58. The van der Waals surface area contributed by atoms with Crippen LogP contribution in [-0.4, -0.2) is 30.6 Å². The molecule has 2 unspecified atom stereocenters. The Morgan fingerprint density at radius 1 is 1.37 bits per heavy atom. The van der Waals surface area contributed by atoms with Crippen LogP contribution in [0.15, 0.2) is 18.2 Å². The van der Waals surface area contributed by atoms with E-state index in [-0.39, 0.29) is 5.82 Å². The van der Waals surface area contributed by atoms with Crippen LogP contribution in [0, 0.1) is 5.82 Å². The van der Waals surface area contributed by atoms with Gasteiger partial charge in [-0.25, -0.2) is 4.39 Å². The first-order valence-electron chi connectivity index (χ1n) is 7.53. The number of nitrogens with zero attached hydrogens (tertiary/aromatic N) is 1. The smallest absolute Gasteiger partial charge is 0.123 e. The second-order valence-electron chi connectivity index (χ2n) is 5.78. The second-order valence-corrected chi connectivity index (χ2v) is 5.78. The topological polar surface area (TPSA) is 15.3 Å². The molecule has 0 aromatic heterocycles. The zero-order valence-corrected chi connectivity index (χ0v) is 11.7. The predicted octanol–water partition coefficient (Wildman–Crippen LogP) is 2.89. The quantitative estimate of drug-likeness (QED) is 0.897. The van der Waals surface area contributed by atoms with Crippen molar-refractivity contribution in [3.63, 3.8) is 0 Å². The van der Waals surface area contributed by atoms with E-state index in [4.69, 9.17) is 0 Å². The van der Waals surface area contributed by atoms with Crippen LogP contribution in [0.4, 0.5) is 4.39 Å². The van der Waals surface area contributed by atoms with E-state index in [1.54, 1.807) is 12.1 Å². The number of halogens is 1. The van der Waals surface area contributed by atoms with Crippen LogP contribution < -0.4 is 5.32 Å². The van der Waals surface area contributed by atoms with Crippen LogP contribution in [0.5, 0.6) is 0 Å². The molecule has 0 saturated carbocycles. The van der Waals surface area contributed by atoms with Crippen molar-refractivity contribution in [2.75, 3.05) is 19.6 Å². The minimum atomic E-state index is -0.0973. The molecular weight excluding hydrogens is 239 g/mol. The molecule has 1 heterocycles. The lowest BCUT2D eigenvalue weighted by Crippen LogP contribution is -2.39. The molecule has 19 heavy (non-hydrogen) atoms. The summed E-state index contributed by atoms with van der Waals surface area (Å²) in [7, 11) is 0. The molecule has 2 aliphatic rings. The van der Waals surface area contributed by atoms with Crippen molar-refractivity contribution in [2.24, 2.45) is 0 Å². The molecule has 3 rings (SSSR count). The van der Waals surface area contributed by atoms with Gasteiger partial charge in [0.25, 0.3) is 0 Å². The van der Waals surface area contributed by atoms with Crippen LogP contribution in [0.2, 0.25) is 0 Å². The first kappa shape index (κ1) is 13.1. The molecular formula is C16H23FN2. The Morgan fingerprint density at radius 2 is 2.26 bits per heavy atom. The van der Waals surface area contributed by atoms with Crippen LogP contribution >= 0.6 is 0 Å². The monoisotopic (exact) mass is 262 g/mol. The number of hydrogen-bond donors (Lipinski definition) is 1. The van der Waals surface area contributed by atoms with Gasteiger partial charge < -0.3 is 5.32 Å². The van der Waals surface area contributed by atoms with Crippen molar-refractivity contribution in [2.45, 2.75) is 44.7 Å². The highest BCUT2D eigenvalue weighted by Crippen LogP contribution is 2.36. The Kier molecular flexibility index (Phi) is 3.85. The largest absolute Gasteiger partial charge is 0.313 e. The van der Waals surface area contributed by atoms with Gasteiger partial charge in [-0.3, -0.25) is 4.90 Å². The standard InChI is InChI=1S/C16H23FN2/c1-2-19(11-14-4-3-9-18-14)16-8-5-12-10-13(17)6-7-15(12)16/h6-7,10,14,16,18H,2-5,8-9,11H2,1H3. The average molecular weight is 262 g/mol. The third-order valence-electron chi connectivity index (χ3n) is 4.62. The van der Waals surface area contributed by atoms with Crippen molar-refractivity contribution in [3.8, 4) is 0 Å². The molecule has 0 radical (unpaired) electrons. The van der Waals surface area contributed by atoms with Crippen molar-refractivity contribution >= 4 is 0 Å². The first-order chi connectivity index (χ1) is 9.28. The second kappa shape index (κ2) is 5.59. The Bertz CT molecular complexity index is 440. The zero-order valence-electron chi connectivity index (χ0n) is 11.7. The lowest BCUT2D eigenvalue weighted by molar-refractivity contribution is 0.189. The molecule has 0 spiro atoms. The molecule has 1 N–H and O–H groups in total. The molecule has 0 bridgehead atoms. The molecule has 1 aliphatic carbocycles. The van der Waals surface area contributed by atoms with Gasteiger partial charge in [0, 0.05) is 18.6 Å². The normalized spacial score (nSPS) is 26.1. The van der Waals surface area contributed by atoms with E-state index in [1.165, 1.54) is 24.0 Å². The van der Waals surface area contributed by atoms with Gasteiger partial charge in [-0.15, -0.1) is 0 Å². The number of hydrogen-bond acceptors (Lipinski definition) is 2. The van der Waals surface area contributed by atoms with E-state index in [9.17, 15) is 4.39 Å². The molecule has 104 valence electrons. The van der Waals surface area contributed by atoms with Gasteiger partial charge in [0.15, 0.2) is 0 Å². The molecule has 1 saturated heterocycles. The van der Waals surface area contributed by atoms with Gasteiger partial charge in [0.2, 0.25) is 0 Å². The molecule has 2 atom stereocenters. The van der Waals surface area contributed by atoms with E-state index in [2.05, 4.69) is 17.1 Å². The Morgan fingerprint density at radius 3 is 3.00 bits per heavy atom. The summed E-state index contributed by atoms with van der Waals surface area (Å²) in [6.45, 7) is 5.59. The fourth-order valence-electron chi connectivity index (χ4n) is 3.62. The van der Waals surface area contributed by atoms with Crippen LogP contribution in [-0.2, 0) is 6.42 Å². The highest BCUT2D eigenvalue weighted by Gasteiger charge is 2.29. The van der Waals surface area contributed by atoms with Crippen molar-refractivity contribution in [1.29, 1.82) is 0 Å². The maximum absolute atomic E-state index is 13.3. The molecule has 0 amide bonds. The van der Waals surface area contributed by atoms with Crippen molar-refractivity contribution < 1.29 is 4.39 Å². The molecule has 1 aromatic rings. The SMILES string of the molecule is CCN(CC1CCCN1)C1CCc2cc(F)ccc21. The van der Waals surface area contributed by atoms with Gasteiger partial charge in [0.1, 0.15) is 5.82 Å². The molecule has 1 aromatic carbocycles. The van der Waals surface area contributed by atoms with Crippen molar-refractivity contribution in [3.05, 3.63) is 35.1 Å². The predicted molar refractivity (Wildman–Crippen MR) is 75.7 cm³/mol. The zero-order chi connectivity index (χ0) is 13.2. The number of benzene rings is 1. The van der Waals surface area contributed by atoms with Gasteiger partial charge >= 0.3 is 0 Å². The van der Waals surface area contributed by atoms with Gasteiger partial charge in [-0.05, 0) is 62.0 Å². The van der Waals surface area contributed by atoms with Gasteiger partial charge in [-0.1, -0.05) is 13.0 Å². The summed E-state index contributed by atoms with van der Waals surface area (Å²) in [5.74, 6) is -0.0973. The Labute approximate surface area is 115 Å². The Hall–Kier alpha value is -0.930. The number of aryl methyl sites for hydroxylation is 1. The van der Waals surface area contributed by atoms with Crippen LogP contribution in [0.3, 0.4) is 0 Å². The molecule has 3 heteroatoms. The summed E-state index contributed by atoms with van der Waals surface area (Å²) in [6.07, 6.45) is 4.75. The average Bonchev–Trinajstić information content (AvgIpc) is 3.04. The molecule has 1 aliphatic heterocycles. The number of rotatable bonds is 4. The highest BCUT2D eigenvalue weighted by molar-refractivity contribution is 5.35. The number of nitrogens with one attached hydrogen (secondary N) is 1. The van der Waals surface area contributed by atoms with Crippen LogP contribution in [0.25, 0.3) is 0 Å². The Balaban J connectivity index is 1.74. The summed E-state index contributed by atoms with van der Waals surface area (Å²) >= 11 is 0. The minimum absolute atomic E-state index is 0.0973. The fraction of sp³-hybridized carbons (Fsp3) is 0.625. The summed E-state index contributed by atoms with van der Waals surface area (Å²) in [5.41, 5.74) is 2.56. The lowest BCUT2D eigenvalue weighted by Gasteiger charge is -2.30. The summed E-state index contributed by atoms with van der Waals surface area (Å²) < 4.78 is 13.3. The van der Waals surface area contributed by atoms with E-state index < -0.39 is 0 Å². The van der Waals surface area contributed by atoms with Gasteiger partial charge in [-0.2, -0.15) is 0 Å². The van der Waals surface area contributed by atoms with E-state index >= 15 is 0 Å². The maximum Gasteiger partial charge on any atom is 0.123 e. The van der Waals surface area contributed by atoms with E-state index in [1.807, 2.05) is 6.07 Å². The summed E-state index contributed by atoms with van der Waals surface area (Å²) in [6, 6.07) is 6.45. The third kappa shape index (κ3) is 2.67. The van der Waals surface area contributed by atoms with E-state index in [0.29, 0.717) is 12.1 Å². The van der Waals surface area contributed by atoms with Crippen LogP contribution in [0.1, 0.15) is 43.4 Å². The lowest BCUT2D eigenvalue weighted by atomic mass is 10.1. The first-order valence-corrected chi connectivity index (χ1v) is 7.53. The van der Waals surface area contributed by atoms with Gasteiger partial charge in [0.05, 0.1) is 0 Å². The molecule has 2 nitrogen and oxygen atoms in total. The minimum Gasteiger partial charge on any atom is -0.313 e. The highest BCUT2D eigenvalue weighted by atomic mass is 19.1. The number of fused-ring (bicyclic) bond motifs is 1. The summed E-state index contributed by atoms with van der Waals surface area (Å²) in [4.78, 5) is 2.56. The van der Waals surface area contributed by atoms with Crippen molar-refractivity contribution in [1.82, 2.24) is 10.2 Å². The van der Waals surface area contributed by atoms with E-state index in [0.717, 1.165) is 32.5 Å². The third-order valence-corrected chi connectivity index (χ3v) is 4.62. The fourth-order valence-corrected chi connectivity index (χ4v) is 3.62. The number of likely N-dealkylation sites (N-methyl/N-ethyl adjacent to an activating group) is 1.